The fourth-order valence-corrected chi connectivity index (χ4v) is 9.55. The van der Waals surface area contributed by atoms with Crippen LogP contribution in [-0.2, 0) is 12.8 Å². The van der Waals surface area contributed by atoms with Crippen molar-refractivity contribution in [2.45, 2.75) is 78.6 Å². The fraction of sp³-hybridized carbons (Fsp3) is 0.304. The van der Waals surface area contributed by atoms with Crippen molar-refractivity contribution in [3.63, 3.8) is 0 Å². The highest BCUT2D eigenvalue weighted by atomic mass is 16.5. The Bertz CT molecular complexity index is 2580. The molecule has 7 N–H and O–H groups in total. The van der Waals surface area contributed by atoms with Crippen LogP contribution in [0.4, 0.5) is 0 Å². The van der Waals surface area contributed by atoms with Gasteiger partial charge < -0.3 is 45.6 Å². The van der Waals surface area contributed by atoms with E-state index >= 15 is 0 Å². The number of hydrogen-bond donors (Lipinski definition) is 7. The van der Waals surface area contributed by atoms with Crippen LogP contribution in [0.5, 0.6) is 40.2 Å². The van der Waals surface area contributed by atoms with Gasteiger partial charge in [0.15, 0.2) is 0 Å². The maximum Gasteiger partial charge on any atom is 0.135 e. The van der Waals surface area contributed by atoms with Gasteiger partial charge in [-0.05, 0) is 134 Å². The average Bonchev–Trinajstić information content (AvgIpc) is 3.12. The van der Waals surface area contributed by atoms with E-state index in [0.29, 0.717) is 79.3 Å². The molecule has 9 heteroatoms. The van der Waals surface area contributed by atoms with Gasteiger partial charge in [0.05, 0.1) is 25.0 Å². The molecule has 9 nitrogen and oxygen atoms in total. The molecular formula is C46H48N2O7. The Morgan fingerprint density at radius 1 is 0.564 bits per heavy atom. The first-order chi connectivity index (χ1) is 26.2. The Morgan fingerprint density at radius 3 is 1.91 bits per heavy atom. The van der Waals surface area contributed by atoms with Gasteiger partial charge in [0.1, 0.15) is 40.2 Å². The van der Waals surface area contributed by atoms with Gasteiger partial charge in [0, 0.05) is 58.1 Å². The van der Waals surface area contributed by atoms with Crippen LogP contribution in [0, 0.1) is 13.8 Å². The Labute approximate surface area is 320 Å². The van der Waals surface area contributed by atoms with Crippen LogP contribution in [0.2, 0.25) is 0 Å². The van der Waals surface area contributed by atoms with Crippen molar-refractivity contribution in [3.8, 4) is 73.6 Å². The summed E-state index contributed by atoms with van der Waals surface area (Å²) in [7, 11) is 3.11. The third-order valence-electron chi connectivity index (χ3n) is 11.8. The molecule has 0 amide bonds. The maximum atomic E-state index is 12.5. The smallest absolute Gasteiger partial charge is 0.135 e. The predicted molar refractivity (Wildman–Crippen MR) is 218 cm³/mol. The third kappa shape index (κ3) is 5.59. The Hall–Kier alpha value is -5.64. The summed E-state index contributed by atoms with van der Waals surface area (Å²) in [5, 5.41) is 68.2. The molecule has 4 atom stereocenters. The fourth-order valence-electron chi connectivity index (χ4n) is 9.55. The molecule has 2 heterocycles. The predicted octanol–water partition coefficient (Wildman–Crippen LogP) is 9.35. The van der Waals surface area contributed by atoms with Crippen LogP contribution in [0.1, 0.15) is 73.2 Å². The largest absolute Gasteiger partial charge is 0.507 e. The van der Waals surface area contributed by atoms with Crippen LogP contribution in [-0.4, -0.2) is 51.8 Å². The molecule has 6 aromatic rings. The summed E-state index contributed by atoms with van der Waals surface area (Å²) in [6, 6.07) is 16.5. The van der Waals surface area contributed by atoms with Gasteiger partial charge in [-0.2, -0.15) is 0 Å². The standard InChI is InChI=1S/C46H48N2O7/c1-20-13-29-31(41-30-16-22(3)47-24(5)26(30)11-12-34(41)49)18-32(46(53)44(29)37(14-20)54-7)27-9-10-28-39(21(2)15-38(55-8)43(28)45(27)52)42-33-17-23(4)48-25(6)40(33)35(50)19-36(42)51/h9-15,18-19,22-25,47-53H,16-17H2,1-8H3. The molecule has 8 rings (SSSR count). The zero-order chi connectivity index (χ0) is 39.2. The Balaban J connectivity index is 1.46. The van der Waals surface area contributed by atoms with Crippen LogP contribution in [0.15, 0.2) is 54.6 Å². The minimum Gasteiger partial charge on any atom is -0.507 e. The molecule has 0 spiro atoms. The molecule has 284 valence electrons. The van der Waals surface area contributed by atoms with E-state index in [2.05, 4.69) is 31.4 Å². The second-order valence-electron chi connectivity index (χ2n) is 15.6. The first kappa shape index (κ1) is 36.3. The Morgan fingerprint density at radius 2 is 1.20 bits per heavy atom. The van der Waals surface area contributed by atoms with Gasteiger partial charge in [0.25, 0.3) is 0 Å². The van der Waals surface area contributed by atoms with E-state index in [1.807, 2.05) is 57.2 Å². The average molecular weight is 741 g/mol. The van der Waals surface area contributed by atoms with Crippen molar-refractivity contribution in [1.82, 2.24) is 10.6 Å². The van der Waals surface area contributed by atoms with Crippen LogP contribution >= 0.6 is 0 Å². The highest BCUT2D eigenvalue weighted by Gasteiger charge is 2.32. The van der Waals surface area contributed by atoms with Gasteiger partial charge in [-0.3, -0.25) is 0 Å². The molecule has 55 heavy (non-hydrogen) atoms. The van der Waals surface area contributed by atoms with Gasteiger partial charge in [0.2, 0.25) is 0 Å². The van der Waals surface area contributed by atoms with Crippen molar-refractivity contribution in [3.05, 3.63) is 88.0 Å². The summed E-state index contributed by atoms with van der Waals surface area (Å²) in [6.45, 7) is 12.2. The van der Waals surface area contributed by atoms with Crippen molar-refractivity contribution in [1.29, 1.82) is 0 Å². The topological polar surface area (TPSA) is 144 Å². The monoisotopic (exact) mass is 740 g/mol. The SMILES string of the molecule is COc1cc(C)cc2c(-c3c(O)ccc4c3CC(C)NC4C)cc(-c3ccc4c(-c5c(O)cc(O)c6c5CC(C)NC6C)c(C)cc(OC)c4c3O)c(O)c12. The molecule has 4 unspecified atom stereocenters. The number of phenolic OH excluding ortho intramolecular Hbond substituents is 5. The third-order valence-corrected chi connectivity index (χ3v) is 11.8. The van der Waals surface area contributed by atoms with E-state index in [0.717, 1.165) is 33.4 Å². The summed E-state index contributed by atoms with van der Waals surface area (Å²) in [6.07, 6.45) is 1.26. The normalized spacial score (nSPS) is 19.3. The molecule has 0 radical (unpaired) electrons. The highest BCUT2D eigenvalue weighted by Crippen LogP contribution is 2.55. The number of benzene rings is 6. The number of phenols is 5. The molecule has 6 aromatic carbocycles. The summed E-state index contributed by atoms with van der Waals surface area (Å²) in [4.78, 5) is 0. The molecule has 0 aliphatic carbocycles. The first-order valence-electron chi connectivity index (χ1n) is 18.9. The lowest BCUT2D eigenvalue weighted by Crippen LogP contribution is -2.36. The zero-order valence-electron chi connectivity index (χ0n) is 32.5. The van der Waals surface area contributed by atoms with E-state index in [1.165, 1.54) is 6.07 Å². The minimum atomic E-state index is -0.147. The van der Waals surface area contributed by atoms with Crippen LogP contribution < -0.4 is 20.1 Å². The van der Waals surface area contributed by atoms with Gasteiger partial charge in [-0.15, -0.1) is 0 Å². The number of hydrogen-bond acceptors (Lipinski definition) is 9. The van der Waals surface area contributed by atoms with Crippen molar-refractivity contribution in [2.24, 2.45) is 0 Å². The molecule has 0 saturated heterocycles. The summed E-state index contributed by atoms with van der Waals surface area (Å²) in [5.41, 5.74) is 8.83. The van der Waals surface area contributed by atoms with Crippen molar-refractivity contribution < 1.29 is 35.0 Å². The number of methoxy groups -OCH3 is 2. The molecule has 0 saturated carbocycles. The lowest BCUT2D eigenvalue weighted by atomic mass is 9.81. The molecule has 0 fully saturated rings. The molecular weight excluding hydrogens is 693 g/mol. The number of rotatable bonds is 5. The second kappa shape index (κ2) is 13.3. The number of ether oxygens (including phenoxy) is 2. The number of aromatic hydroxyl groups is 5. The summed E-state index contributed by atoms with van der Waals surface area (Å²) < 4.78 is 11.8. The van der Waals surface area contributed by atoms with E-state index in [-0.39, 0.29) is 52.9 Å². The number of fused-ring (bicyclic) bond motifs is 4. The summed E-state index contributed by atoms with van der Waals surface area (Å²) in [5.74, 6) is 0.782. The first-order valence-corrected chi connectivity index (χ1v) is 18.9. The van der Waals surface area contributed by atoms with Crippen LogP contribution in [0.25, 0.3) is 54.9 Å². The van der Waals surface area contributed by atoms with Crippen molar-refractivity contribution in [2.75, 3.05) is 14.2 Å². The molecule has 2 aliphatic rings. The molecule has 0 bridgehead atoms. The van der Waals surface area contributed by atoms with E-state index in [4.69, 9.17) is 9.47 Å². The molecule has 0 aromatic heterocycles. The second-order valence-corrected chi connectivity index (χ2v) is 15.6. The lowest BCUT2D eigenvalue weighted by Gasteiger charge is -2.32. The lowest BCUT2D eigenvalue weighted by molar-refractivity contribution is 0.402. The van der Waals surface area contributed by atoms with Crippen LogP contribution in [0.3, 0.4) is 0 Å². The summed E-state index contributed by atoms with van der Waals surface area (Å²) >= 11 is 0. The quantitative estimate of drug-likeness (QED) is 0.0920. The van der Waals surface area contributed by atoms with Gasteiger partial charge in [-0.1, -0.05) is 18.2 Å². The zero-order valence-corrected chi connectivity index (χ0v) is 32.5. The Kier molecular flexibility index (Phi) is 8.78. The van der Waals surface area contributed by atoms with Crippen molar-refractivity contribution >= 4 is 21.5 Å². The van der Waals surface area contributed by atoms with Gasteiger partial charge in [-0.25, -0.2) is 0 Å². The van der Waals surface area contributed by atoms with E-state index in [1.54, 1.807) is 26.4 Å². The molecule has 2 aliphatic heterocycles. The van der Waals surface area contributed by atoms with E-state index in [9.17, 15) is 25.5 Å². The van der Waals surface area contributed by atoms with Gasteiger partial charge >= 0.3 is 0 Å². The number of nitrogens with one attached hydrogen (secondary N) is 2. The minimum absolute atomic E-state index is 0.0304. The highest BCUT2D eigenvalue weighted by molar-refractivity contribution is 6.13. The number of aryl methyl sites for hydroxylation is 2. The maximum absolute atomic E-state index is 12.5. The van der Waals surface area contributed by atoms with E-state index < -0.39 is 0 Å².